The highest BCUT2D eigenvalue weighted by Crippen LogP contribution is 2.14. The van der Waals surface area contributed by atoms with Crippen LogP contribution in [0.3, 0.4) is 0 Å². The van der Waals surface area contributed by atoms with E-state index in [-0.39, 0.29) is 11.8 Å². The normalized spacial score (nSPS) is 13.7. The molecule has 1 aromatic carbocycles. The summed E-state index contributed by atoms with van der Waals surface area (Å²) in [5, 5.41) is 3.27. The van der Waals surface area contributed by atoms with Crippen LogP contribution in [0.15, 0.2) is 24.3 Å². The van der Waals surface area contributed by atoms with Gasteiger partial charge in [0.25, 0.3) is 0 Å². The summed E-state index contributed by atoms with van der Waals surface area (Å²) in [5.41, 5.74) is 2.46. The smallest absolute Gasteiger partial charge is 0.148 e. The van der Waals surface area contributed by atoms with Gasteiger partial charge in [-0.3, -0.25) is 0 Å². The number of nitrogens with zero attached hydrogens (tertiary/aromatic N) is 1. The average Bonchev–Trinajstić information content (AvgIpc) is 2.34. The van der Waals surface area contributed by atoms with Gasteiger partial charge in [0.05, 0.1) is 5.75 Å². The zero-order valence-corrected chi connectivity index (χ0v) is 13.0. The Kier molecular flexibility index (Phi) is 5.97. The first-order chi connectivity index (χ1) is 8.81. The van der Waals surface area contributed by atoms with Gasteiger partial charge in [-0.25, -0.2) is 8.42 Å². The van der Waals surface area contributed by atoms with Crippen molar-refractivity contribution in [2.75, 3.05) is 39.2 Å². The molecular formula is C14H24N2O2S. The van der Waals surface area contributed by atoms with Crippen molar-refractivity contribution in [3.8, 4) is 0 Å². The molecule has 0 radical (unpaired) electrons. The number of sulfone groups is 1. The third kappa shape index (κ3) is 6.18. The summed E-state index contributed by atoms with van der Waals surface area (Å²) in [7, 11) is 0.980. The second-order valence-electron chi connectivity index (χ2n) is 5.14. The maximum absolute atomic E-state index is 11.2. The van der Waals surface area contributed by atoms with Crippen molar-refractivity contribution in [1.29, 1.82) is 0 Å². The van der Waals surface area contributed by atoms with Crippen LogP contribution >= 0.6 is 0 Å². The standard InChI is InChI=1S/C14H24N2O2S/c1-12-5-7-13(8-6-12)14(15-2)11-16(3)9-10-19(4,17)18/h5-8,14-15H,9-11H2,1-4H3. The molecule has 1 aromatic rings. The number of aryl methyl sites for hydroxylation is 1. The van der Waals surface area contributed by atoms with Crippen LogP contribution in [-0.2, 0) is 9.84 Å². The molecule has 0 bridgehead atoms. The van der Waals surface area contributed by atoms with Crippen molar-refractivity contribution in [3.05, 3.63) is 35.4 Å². The second-order valence-corrected chi connectivity index (χ2v) is 7.40. The Morgan fingerprint density at radius 2 is 1.84 bits per heavy atom. The molecule has 1 N–H and O–H groups in total. The summed E-state index contributed by atoms with van der Waals surface area (Å²) < 4.78 is 22.3. The summed E-state index contributed by atoms with van der Waals surface area (Å²) in [6.45, 7) is 3.41. The molecule has 0 spiro atoms. The first-order valence-corrected chi connectivity index (χ1v) is 8.48. The van der Waals surface area contributed by atoms with Gasteiger partial charge in [-0.2, -0.15) is 0 Å². The highest BCUT2D eigenvalue weighted by Gasteiger charge is 2.13. The molecule has 108 valence electrons. The minimum Gasteiger partial charge on any atom is -0.312 e. The lowest BCUT2D eigenvalue weighted by Gasteiger charge is -2.24. The van der Waals surface area contributed by atoms with Crippen LogP contribution in [0.25, 0.3) is 0 Å². The van der Waals surface area contributed by atoms with Crippen molar-refractivity contribution in [2.24, 2.45) is 0 Å². The van der Waals surface area contributed by atoms with E-state index in [9.17, 15) is 8.42 Å². The number of benzene rings is 1. The van der Waals surface area contributed by atoms with Gasteiger partial charge < -0.3 is 10.2 Å². The van der Waals surface area contributed by atoms with Crippen molar-refractivity contribution < 1.29 is 8.42 Å². The van der Waals surface area contributed by atoms with Crippen molar-refractivity contribution >= 4 is 9.84 Å². The second kappa shape index (κ2) is 7.03. The number of rotatable bonds is 7. The molecule has 0 aliphatic carbocycles. The fourth-order valence-electron chi connectivity index (χ4n) is 1.89. The number of hydrogen-bond donors (Lipinski definition) is 1. The predicted octanol–water partition coefficient (Wildman–Crippen LogP) is 1.23. The van der Waals surface area contributed by atoms with E-state index in [1.807, 2.05) is 19.0 Å². The molecule has 1 unspecified atom stereocenters. The lowest BCUT2D eigenvalue weighted by Crippen LogP contribution is -2.34. The van der Waals surface area contributed by atoms with E-state index in [4.69, 9.17) is 0 Å². The van der Waals surface area contributed by atoms with E-state index in [1.165, 1.54) is 17.4 Å². The van der Waals surface area contributed by atoms with Gasteiger partial charge in [-0.05, 0) is 26.6 Å². The van der Waals surface area contributed by atoms with Crippen LogP contribution in [0.4, 0.5) is 0 Å². The van der Waals surface area contributed by atoms with E-state index in [1.54, 1.807) is 0 Å². The van der Waals surface area contributed by atoms with Gasteiger partial charge in [-0.1, -0.05) is 29.8 Å². The molecule has 0 aliphatic rings. The molecule has 0 fully saturated rings. The van der Waals surface area contributed by atoms with Crippen LogP contribution in [0.5, 0.6) is 0 Å². The quantitative estimate of drug-likeness (QED) is 0.818. The molecule has 5 heteroatoms. The van der Waals surface area contributed by atoms with Crippen LogP contribution in [0.1, 0.15) is 17.2 Å². The third-order valence-electron chi connectivity index (χ3n) is 3.17. The van der Waals surface area contributed by atoms with Crippen molar-refractivity contribution in [2.45, 2.75) is 13.0 Å². The van der Waals surface area contributed by atoms with E-state index >= 15 is 0 Å². The molecule has 0 saturated heterocycles. The summed E-state index contributed by atoms with van der Waals surface area (Å²) in [6.07, 6.45) is 1.27. The Labute approximate surface area is 116 Å². The van der Waals surface area contributed by atoms with Crippen LogP contribution in [0.2, 0.25) is 0 Å². The van der Waals surface area contributed by atoms with E-state index < -0.39 is 9.84 Å². The van der Waals surface area contributed by atoms with E-state index in [2.05, 4.69) is 36.5 Å². The lowest BCUT2D eigenvalue weighted by molar-refractivity contribution is 0.311. The molecule has 1 rings (SSSR count). The number of hydrogen-bond acceptors (Lipinski definition) is 4. The SMILES string of the molecule is CNC(CN(C)CCS(C)(=O)=O)c1ccc(C)cc1. The zero-order chi connectivity index (χ0) is 14.5. The Morgan fingerprint density at radius 1 is 1.26 bits per heavy atom. The van der Waals surface area contributed by atoms with Gasteiger partial charge in [0, 0.05) is 25.4 Å². The fraction of sp³-hybridized carbons (Fsp3) is 0.571. The first kappa shape index (κ1) is 16.1. The molecule has 0 amide bonds. The minimum atomic E-state index is -2.89. The molecule has 0 heterocycles. The average molecular weight is 284 g/mol. The number of nitrogens with one attached hydrogen (secondary N) is 1. The van der Waals surface area contributed by atoms with Gasteiger partial charge in [-0.15, -0.1) is 0 Å². The molecule has 0 aliphatic heterocycles. The van der Waals surface area contributed by atoms with E-state index in [0.29, 0.717) is 6.54 Å². The van der Waals surface area contributed by atoms with Crippen LogP contribution in [0, 0.1) is 6.92 Å². The Hall–Kier alpha value is -0.910. The molecule has 19 heavy (non-hydrogen) atoms. The minimum absolute atomic E-state index is 0.202. The Balaban J connectivity index is 2.59. The van der Waals surface area contributed by atoms with Crippen molar-refractivity contribution in [1.82, 2.24) is 10.2 Å². The van der Waals surface area contributed by atoms with Gasteiger partial charge in [0.2, 0.25) is 0 Å². The zero-order valence-electron chi connectivity index (χ0n) is 12.2. The molecule has 1 atom stereocenters. The topological polar surface area (TPSA) is 49.4 Å². The maximum atomic E-state index is 11.2. The summed E-state index contributed by atoms with van der Waals surface area (Å²) in [4.78, 5) is 2.04. The monoisotopic (exact) mass is 284 g/mol. The molecule has 0 saturated carbocycles. The van der Waals surface area contributed by atoms with Crippen molar-refractivity contribution in [3.63, 3.8) is 0 Å². The molecule has 4 nitrogen and oxygen atoms in total. The van der Waals surface area contributed by atoms with Crippen LogP contribution in [-0.4, -0.2) is 52.5 Å². The Bertz CT molecular complexity index is 483. The molecule has 0 aromatic heterocycles. The molecular weight excluding hydrogens is 260 g/mol. The predicted molar refractivity (Wildman–Crippen MR) is 80.2 cm³/mol. The van der Waals surface area contributed by atoms with Gasteiger partial charge in [0.1, 0.15) is 9.84 Å². The summed E-state index contributed by atoms with van der Waals surface area (Å²) >= 11 is 0. The summed E-state index contributed by atoms with van der Waals surface area (Å²) in [6, 6.07) is 8.62. The number of likely N-dealkylation sites (N-methyl/N-ethyl adjacent to an activating group) is 2. The Morgan fingerprint density at radius 3 is 2.32 bits per heavy atom. The highest BCUT2D eigenvalue weighted by molar-refractivity contribution is 7.90. The van der Waals surface area contributed by atoms with Gasteiger partial charge in [0.15, 0.2) is 0 Å². The fourth-order valence-corrected chi connectivity index (χ4v) is 2.53. The first-order valence-electron chi connectivity index (χ1n) is 6.42. The lowest BCUT2D eigenvalue weighted by atomic mass is 10.0. The largest absolute Gasteiger partial charge is 0.312 e. The van der Waals surface area contributed by atoms with E-state index in [0.717, 1.165) is 6.54 Å². The summed E-state index contributed by atoms with van der Waals surface area (Å²) in [5.74, 6) is 0.202. The third-order valence-corrected chi connectivity index (χ3v) is 4.09. The highest BCUT2D eigenvalue weighted by atomic mass is 32.2. The van der Waals surface area contributed by atoms with Crippen LogP contribution < -0.4 is 5.32 Å². The maximum Gasteiger partial charge on any atom is 0.148 e. The van der Waals surface area contributed by atoms with Gasteiger partial charge >= 0.3 is 0 Å².